The number of amidine groups is 1. The average Bonchev–Trinajstić information content (AvgIpc) is 3.32. The number of hydrogen-bond acceptors (Lipinski definition) is 6. The van der Waals surface area contributed by atoms with Gasteiger partial charge in [-0.2, -0.15) is 5.10 Å². The Bertz CT molecular complexity index is 978. The number of aliphatic imine (C=N–C) groups is 1. The Balaban J connectivity index is 1.45. The number of aryl methyl sites for hydroxylation is 1. The van der Waals surface area contributed by atoms with Gasteiger partial charge in [-0.05, 0) is 50.1 Å². The third-order valence-corrected chi connectivity index (χ3v) is 5.24. The van der Waals surface area contributed by atoms with Crippen molar-refractivity contribution in [3.63, 3.8) is 0 Å². The Labute approximate surface area is 173 Å². The summed E-state index contributed by atoms with van der Waals surface area (Å²) in [5, 5.41) is 16.1. The molecule has 0 aliphatic carbocycles. The number of aromatic nitrogens is 2. The number of H-pyrrole nitrogens is 1. The molecule has 2 amide bonds. The highest BCUT2D eigenvalue weighted by Crippen LogP contribution is 2.26. The molecule has 0 bridgehead atoms. The van der Waals surface area contributed by atoms with E-state index < -0.39 is 0 Å². The van der Waals surface area contributed by atoms with Gasteiger partial charge in [0.2, 0.25) is 11.7 Å². The van der Waals surface area contributed by atoms with E-state index in [0.717, 1.165) is 38.7 Å². The van der Waals surface area contributed by atoms with Crippen LogP contribution in [0.2, 0.25) is 0 Å². The maximum Gasteiger partial charge on any atom is 0.319 e. The topological polar surface area (TPSA) is 102 Å². The summed E-state index contributed by atoms with van der Waals surface area (Å²) < 4.78 is 2.13. The normalized spacial score (nSPS) is 17.4. The second kappa shape index (κ2) is 8.41. The molecule has 3 heterocycles. The fourth-order valence-electron chi connectivity index (χ4n) is 2.99. The number of carbonyl (C=O) groups is 1. The van der Waals surface area contributed by atoms with Gasteiger partial charge in [0.05, 0.1) is 12.4 Å². The molecule has 0 fully saturated rings. The van der Waals surface area contributed by atoms with E-state index in [4.69, 9.17) is 0 Å². The van der Waals surface area contributed by atoms with Gasteiger partial charge in [0.1, 0.15) is 12.7 Å². The number of carbonyl (C=O) groups excluding carboxylic acids is 1. The summed E-state index contributed by atoms with van der Waals surface area (Å²) in [6.45, 7) is 5.15. The molecule has 2 aromatic rings. The summed E-state index contributed by atoms with van der Waals surface area (Å²) in [5.74, 6) is 2.75. The van der Waals surface area contributed by atoms with E-state index in [9.17, 15) is 4.79 Å². The van der Waals surface area contributed by atoms with Crippen LogP contribution in [0.5, 0.6) is 0 Å². The van der Waals surface area contributed by atoms with Crippen LogP contribution < -0.4 is 20.9 Å². The monoisotopic (exact) mass is 411 g/mol. The zero-order valence-electron chi connectivity index (χ0n) is 16.2. The molecule has 2 aliphatic heterocycles. The lowest BCUT2D eigenvalue weighted by atomic mass is 10.3. The lowest BCUT2D eigenvalue weighted by Crippen LogP contribution is -3.10. The van der Waals surface area contributed by atoms with Crippen molar-refractivity contribution in [2.24, 2.45) is 4.99 Å². The van der Waals surface area contributed by atoms with Crippen LogP contribution in [0.4, 0.5) is 16.3 Å². The summed E-state index contributed by atoms with van der Waals surface area (Å²) in [5.41, 5.74) is 1.75. The average molecular weight is 412 g/mol. The Morgan fingerprint density at radius 1 is 1.34 bits per heavy atom. The Hall–Kier alpha value is -3.24. The highest BCUT2D eigenvalue weighted by molar-refractivity contribution is 7.97. The molecule has 1 unspecified atom stereocenters. The van der Waals surface area contributed by atoms with Gasteiger partial charge < -0.3 is 10.6 Å². The van der Waals surface area contributed by atoms with Crippen LogP contribution in [-0.4, -0.2) is 39.5 Å². The minimum atomic E-state index is -0.203. The van der Waals surface area contributed by atoms with E-state index in [1.54, 1.807) is 11.9 Å². The Kier molecular flexibility index (Phi) is 5.54. The fraction of sp³-hybridized carbons (Fsp3) is 0.211. The number of urea groups is 1. The largest absolute Gasteiger partial charge is 0.338 e. The molecule has 0 radical (unpaired) electrons. The van der Waals surface area contributed by atoms with Gasteiger partial charge in [-0.3, -0.25) is 14.7 Å². The summed E-state index contributed by atoms with van der Waals surface area (Å²) in [6, 6.07) is 9.51. The molecule has 1 aromatic carbocycles. The molecule has 150 valence electrons. The van der Waals surface area contributed by atoms with Crippen molar-refractivity contribution in [3.8, 4) is 0 Å². The molecule has 29 heavy (non-hydrogen) atoms. The lowest BCUT2D eigenvalue weighted by Gasteiger charge is -2.27. The molecule has 10 heteroatoms. The fourth-order valence-corrected chi connectivity index (χ4v) is 3.87. The minimum absolute atomic E-state index is 0.203. The SMILES string of the molecule is CCNC(=O)Nc1ccc(SN2C=C(Nc3cc(C)[nH]n3)[NH+]3C=CN=C3C2)cc1. The van der Waals surface area contributed by atoms with Crippen LogP contribution in [0.15, 0.2) is 64.6 Å². The first-order chi connectivity index (χ1) is 14.1. The van der Waals surface area contributed by atoms with E-state index in [0.29, 0.717) is 13.1 Å². The van der Waals surface area contributed by atoms with Gasteiger partial charge in [0.15, 0.2) is 5.82 Å². The van der Waals surface area contributed by atoms with Crippen LogP contribution in [0, 0.1) is 6.92 Å². The van der Waals surface area contributed by atoms with Gasteiger partial charge in [-0.15, -0.1) is 0 Å². The molecule has 2 aliphatic rings. The van der Waals surface area contributed by atoms with Gasteiger partial charge in [0, 0.05) is 28.9 Å². The second-order valence-corrected chi connectivity index (χ2v) is 7.71. The van der Waals surface area contributed by atoms with Gasteiger partial charge in [0.25, 0.3) is 0 Å². The van der Waals surface area contributed by atoms with E-state index in [1.807, 2.05) is 56.6 Å². The van der Waals surface area contributed by atoms with Crippen molar-refractivity contribution in [1.82, 2.24) is 19.8 Å². The van der Waals surface area contributed by atoms with Gasteiger partial charge in [-0.25, -0.2) is 14.7 Å². The maximum absolute atomic E-state index is 11.6. The summed E-state index contributed by atoms with van der Waals surface area (Å²) in [7, 11) is 0. The summed E-state index contributed by atoms with van der Waals surface area (Å²) in [4.78, 5) is 18.3. The predicted molar refractivity (Wildman–Crippen MR) is 114 cm³/mol. The van der Waals surface area contributed by atoms with E-state index in [-0.39, 0.29) is 6.03 Å². The molecular weight excluding hydrogens is 388 g/mol. The summed E-state index contributed by atoms with van der Waals surface area (Å²) >= 11 is 1.61. The van der Waals surface area contributed by atoms with Crippen LogP contribution in [0.1, 0.15) is 12.6 Å². The highest BCUT2D eigenvalue weighted by atomic mass is 32.2. The van der Waals surface area contributed by atoms with Crippen molar-refractivity contribution >= 4 is 35.3 Å². The number of quaternary nitrogens is 1. The number of fused-ring (bicyclic) bond motifs is 1. The third kappa shape index (κ3) is 4.61. The van der Waals surface area contributed by atoms with Crippen molar-refractivity contribution in [2.75, 3.05) is 23.7 Å². The van der Waals surface area contributed by atoms with Crippen LogP contribution in [0.25, 0.3) is 0 Å². The van der Waals surface area contributed by atoms with Crippen molar-refractivity contribution in [3.05, 3.63) is 60.4 Å². The molecule has 0 saturated carbocycles. The molecule has 1 aromatic heterocycles. The van der Waals surface area contributed by atoms with Crippen LogP contribution in [-0.2, 0) is 0 Å². The quantitative estimate of drug-likeness (QED) is 0.467. The van der Waals surface area contributed by atoms with Crippen molar-refractivity contribution < 1.29 is 9.69 Å². The standard InChI is InChI=1S/C19H22N8OS/c1-3-20-19(28)22-14-4-6-15(7-5-14)29-26-11-17-21-8-9-27(17)18(12-26)23-16-10-13(2)24-25-16/h4-10,12H,3,11H2,1-2H3,(H2,20,22,28)(H2,23,24,25)/p+1. The number of hydrogen-bond donors (Lipinski definition) is 5. The predicted octanol–water partition coefficient (Wildman–Crippen LogP) is 1.86. The molecule has 1 atom stereocenters. The number of benzene rings is 1. The number of amides is 2. The third-order valence-electron chi connectivity index (χ3n) is 4.29. The lowest BCUT2D eigenvalue weighted by molar-refractivity contribution is -0.699. The van der Waals surface area contributed by atoms with Crippen LogP contribution >= 0.6 is 11.9 Å². The molecule has 9 nitrogen and oxygen atoms in total. The van der Waals surface area contributed by atoms with E-state index in [2.05, 4.69) is 41.6 Å². The zero-order chi connectivity index (χ0) is 20.2. The molecule has 4 rings (SSSR count). The maximum atomic E-state index is 11.6. The first-order valence-electron chi connectivity index (χ1n) is 9.32. The number of nitrogens with one attached hydrogen (secondary N) is 5. The number of nitrogens with zero attached hydrogens (tertiary/aromatic N) is 3. The second-order valence-electron chi connectivity index (χ2n) is 6.58. The van der Waals surface area contributed by atoms with E-state index in [1.165, 1.54) is 0 Å². The minimum Gasteiger partial charge on any atom is -0.338 e. The number of anilines is 2. The number of rotatable bonds is 6. The first-order valence-corrected chi connectivity index (χ1v) is 10.1. The molecule has 0 saturated heterocycles. The molecule has 0 spiro atoms. The Morgan fingerprint density at radius 2 is 2.17 bits per heavy atom. The Morgan fingerprint density at radius 3 is 2.90 bits per heavy atom. The summed E-state index contributed by atoms with van der Waals surface area (Å²) in [6.07, 6.45) is 5.91. The van der Waals surface area contributed by atoms with Gasteiger partial charge >= 0.3 is 6.03 Å². The molecular formula is C19H23N8OS+. The molecule has 5 N–H and O–H groups in total. The first kappa shape index (κ1) is 19.1. The van der Waals surface area contributed by atoms with Crippen molar-refractivity contribution in [2.45, 2.75) is 18.7 Å². The zero-order valence-corrected chi connectivity index (χ0v) is 17.0. The van der Waals surface area contributed by atoms with E-state index >= 15 is 0 Å². The van der Waals surface area contributed by atoms with Gasteiger partial charge in [-0.1, -0.05) is 0 Å². The highest BCUT2D eigenvalue weighted by Gasteiger charge is 2.32. The van der Waals surface area contributed by atoms with Crippen molar-refractivity contribution in [1.29, 1.82) is 0 Å². The number of aromatic amines is 1. The van der Waals surface area contributed by atoms with Crippen LogP contribution in [0.3, 0.4) is 0 Å². The smallest absolute Gasteiger partial charge is 0.319 e.